The van der Waals surface area contributed by atoms with E-state index in [0.29, 0.717) is 13.0 Å². The van der Waals surface area contributed by atoms with Crippen molar-refractivity contribution in [3.8, 4) is 0 Å². The van der Waals surface area contributed by atoms with E-state index in [1.165, 1.54) is 32.1 Å². The van der Waals surface area contributed by atoms with Crippen LogP contribution in [-0.2, 0) is 4.74 Å². The molecule has 17 heavy (non-hydrogen) atoms. The molecule has 0 atom stereocenters. The van der Waals surface area contributed by atoms with Crippen molar-refractivity contribution in [2.45, 2.75) is 64.5 Å². The zero-order chi connectivity index (χ0) is 13.0. The fraction of sp³-hybridized carbons (Fsp3) is 0.923. The van der Waals surface area contributed by atoms with Gasteiger partial charge >= 0.3 is 6.18 Å². The summed E-state index contributed by atoms with van der Waals surface area (Å²) in [5, 5.41) is 0. The number of rotatable bonds is 11. The van der Waals surface area contributed by atoms with Gasteiger partial charge in [0.05, 0.1) is 6.42 Å². The monoisotopic (exact) mass is 253 g/mol. The maximum atomic E-state index is 11.7. The molecule has 0 saturated heterocycles. The predicted octanol–water partition coefficient (Wildman–Crippen LogP) is 4.91. The highest BCUT2D eigenvalue weighted by atomic mass is 19.4. The first-order valence-electron chi connectivity index (χ1n) is 6.55. The van der Waals surface area contributed by atoms with Crippen molar-refractivity contribution in [1.82, 2.24) is 0 Å². The van der Waals surface area contributed by atoms with Crippen molar-refractivity contribution in [3.05, 3.63) is 6.42 Å². The maximum absolute atomic E-state index is 11.7. The third-order valence-electron chi connectivity index (χ3n) is 2.53. The Morgan fingerprint density at radius 3 is 2.06 bits per heavy atom. The molecule has 0 aromatic rings. The molecule has 0 aliphatic rings. The van der Waals surface area contributed by atoms with Crippen LogP contribution < -0.4 is 0 Å². The summed E-state index contributed by atoms with van der Waals surface area (Å²) in [6.45, 7) is 2.95. The molecule has 1 radical (unpaired) electrons. The van der Waals surface area contributed by atoms with E-state index < -0.39 is 6.18 Å². The van der Waals surface area contributed by atoms with Crippen LogP contribution >= 0.6 is 0 Å². The van der Waals surface area contributed by atoms with Crippen molar-refractivity contribution in [2.75, 3.05) is 13.2 Å². The summed E-state index contributed by atoms with van der Waals surface area (Å²) in [7, 11) is 0. The summed E-state index contributed by atoms with van der Waals surface area (Å²) in [5.74, 6) is 0. The molecular formula is C13H24F3O. The molecular weight excluding hydrogens is 229 g/mol. The van der Waals surface area contributed by atoms with Crippen molar-refractivity contribution >= 4 is 0 Å². The Morgan fingerprint density at radius 1 is 0.882 bits per heavy atom. The van der Waals surface area contributed by atoms with Gasteiger partial charge in [-0.15, -0.1) is 0 Å². The first-order chi connectivity index (χ1) is 8.06. The SMILES string of the molecule is CCCCCCCCCOCC[CH]C(F)(F)F. The van der Waals surface area contributed by atoms with E-state index >= 15 is 0 Å². The molecule has 0 N–H and O–H groups in total. The standard InChI is InChI=1S/C13H24F3O/c1-2-3-4-5-6-7-8-11-17-12-9-10-13(14,15)16/h10H,2-9,11-12H2,1H3. The van der Waals surface area contributed by atoms with Crippen molar-refractivity contribution in [1.29, 1.82) is 0 Å². The van der Waals surface area contributed by atoms with E-state index in [0.717, 1.165) is 12.8 Å². The van der Waals surface area contributed by atoms with Gasteiger partial charge < -0.3 is 4.74 Å². The van der Waals surface area contributed by atoms with Gasteiger partial charge in [-0.3, -0.25) is 0 Å². The summed E-state index contributed by atoms with van der Waals surface area (Å²) in [4.78, 5) is 0. The minimum atomic E-state index is -4.16. The minimum Gasteiger partial charge on any atom is -0.381 e. The Hall–Kier alpha value is -0.250. The Balaban J connectivity index is 2.99. The Kier molecular flexibility index (Phi) is 10.7. The smallest absolute Gasteiger partial charge is 0.381 e. The fourth-order valence-electron chi connectivity index (χ4n) is 1.57. The molecule has 0 unspecified atom stereocenters. The lowest BCUT2D eigenvalue weighted by Crippen LogP contribution is -2.10. The van der Waals surface area contributed by atoms with Crippen LogP contribution in [0.25, 0.3) is 0 Å². The summed E-state index contributed by atoms with van der Waals surface area (Å²) < 4.78 is 40.3. The summed E-state index contributed by atoms with van der Waals surface area (Å²) >= 11 is 0. The second-order valence-electron chi connectivity index (χ2n) is 4.27. The van der Waals surface area contributed by atoms with Crippen LogP contribution in [0.4, 0.5) is 13.2 Å². The van der Waals surface area contributed by atoms with E-state index in [1.54, 1.807) is 0 Å². The fourth-order valence-corrected chi connectivity index (χ4v) is 1.57. The number of alkyl halides is 3. The third-order valence-corrected chi connectivity index (χ3v) is 2.53. The zero-order valence-electron chi connectivity index (χ0n) is 10.7. The summed E-state index contributed by atoms with van der Waals surface area (Å²) in [6.07, 6.45) is 4.51. The number of hydrogen-bond donors (Lipinski definition) is 0. The molecule has 1 nitrogen and oxygen atoms in total. The molecule has 0 aliphatic heterocycles. The molecule has 0 amide bonds. The van der Waals surface area contributed by atoms with Crippen LogP contribution in [0.2, 0.25) is 0 Å². The average molecular weight is 253 g/mol. The van der Waals surface area contributed by atoms with E-state index in [4.69, 9.17) is 4.74 Å². The Labute approximate surface area is 103 Å². The molecule has 0 heterocycles. The van der Waals surface area contributed by atoms with Gasteiger partial charge in [-0.05, 0) is 12.8 Å². The lowest BCUT2D eigenvalue weighted by molar-refractivity contribution is -0.100. The van der Waals surface area contributed by atoms with Gasteiger partial charge in [-0.2, -0.15) is 13.2 Å². The molecule has 0 spiro atoms. The van der Waals surface area contributed by atoms with Gasteiger partial charge in [0.15, 0.2) is 0 Å². The van der Waals surface area contributed by atoms with Crippen LogP contribution in [0.5, 0.6) is 0 Å². The molecule has 0 aliphatic carbocycles. The van der Waals surface area contributed by atoms with Gasteiger partial charge in [0.25, 0.3) is 0 Å². The van der Waals surface area contributed by atoms with Crippen LogP contribution in [0, 0.1) is 6.42 Å². The Bertz CT molecular complexity index is 157. The quantitative estimate of drug-likeness (QED) is 0.475. The molecule has 0 aromatic carbocycles. The molecule has 103 valence electrons. The highest BCUT2D eigenvalue weighted by Gasteiger charge is 2.26. The molecule has 0 rings (SSSR count). The van der Waals surface area contributed by atoms with Gasteiger partial charge in [-0.1, -0.05) is 45.4 Å². The molecule has 0 fully saturated rings. The van der Waals surface area contributed by atoms with Crippen molar-refractivity contribution < 1.29 is 17.9 Å². The lowest BCUT2D eigenvalue weighted by atomic mass is 10.1. The minimum absolute atomic E-state index is 0.0417. The normalized spacial score (nSPS) is 12.0. The van der Waals surface area contributed by atoms with E-state index in [-0.39, 0.29) is 13.0 Å². The lowest BCUT2D eigenvalue weighted by Gasteiger charge is -2.06. The zero-order valence-corrected chi connectivity index (χ0v) is 10.7. The van der Waals surface area contributed by atoms with Crippen molar-refractivity contribution in [2.24, 2.45) is 0 Å². The maximum Gasteiger partial charge on any atom is 0.392 e. The van der Waals surface area contributed by atoms with E-state index in [2.05, 4.69) is 6.92 Å². The van der Waals surface area contributed by atoms with E-state index in [1.807, 2.05) is 0 Å². The van der Waals surface area contributed by atoms with Gasteiger partial charge in [0.2, 0.25) is 0 Å². The Morgan fingerprint density at radius 2 is 1.47 bits per heavy atom. The van der Waals surface area contributed by atoms with Gasteiger partial charge in [0, 0.05) is 13.2 Å². The second kappa shape index (κ2) is 10.9. The highest BCUT2D eigenvalue weighted by molar-refractivity contribution is 4.73. The second-order valence-corrected chi connectivity index (χ2v) is 4.27. The van der Waals surface area contributed by atoms with E-state index in [9.17, 15) is 13.2 Å². The van der Waals surface area contributed by atoms with Gasteiger partial charge in [0.1, 0.15) is 0 Å². The largest absolute Gasteiger partial charge is 0.392 e. The van der Waals surface area contributed by atoms with Crippen LogP contribution in [-0.4, -0.2) is 19.4 Å². The van der Waals surface area contributed by atoms with Crippen LogP contribution in [0.3, 0.4) is 0 Å². The predicted molar refractivity (Wildman–Crippen MR) is 63.8 cm³/mol. The first-order valence-corrected chi connectivity index (χ1v) is 6.55. The molecule has 4 heteroatoms. The van der Waals surface area contributed by atoms with Crippen molar-refractivity contribution in [3.63, 3.8) is 0 Å². The number of unbranched alkanes of at least 4 members (excludes halogenated alkanes) is 6. The topological polar surface area (TPSA) is 9.23 Å². The highest BCUT2D eigenvalue weighted by Crippen LogP contribution is 2.19. The molecule has 0 aromatic heterocycles. The van der Waals surface area contributed by atoms with Crippen LogP contribution in [0.15, 0.2) is 0 Å². The number of ether oxygens (including phenoxy) is 1. The first kappa shape index (κ1) is 16.8. The molecule has 0 saturated carbocycles. The van der Waals surface area contributed by atoms with Gasteiger partial charge in [-0.25, -0.2) is 0 Å². The number of halogens is 3. The third kappa shape index (κ3) is 15.8. The summed E-state index contributed by atoms with van der Waals surface area (Å²) in [6, 6.07) is 0. The summed E-state index contributed by atoms with van der Waals surface area (Å²) in [5.41, 5.74) is 0. The molecule has 0 bridgehead atoms. The average Bonchev–Trinajstić information content (AvgIpc) is 2.24. The van der Waals surface area contributed by atoms with Crippen LogP contribution in [0.1, 0.15) is 58.3 Å². The number of hydrogen-bond acceptors (Lipinski definition) is 1.